The number of amides is 1. The smallest absolute Gasteiger partial charge is 0.351 e. The van der Waals surface area contributed by atoms with Crippen molar-refractivity contribution < 1.29 is 26.7 Å². The molecule has 12 heteroatoms. The van der Waals surface area contributed by atoms with Gasteiger partial charge in [-0.1, -0.05) is 23.2 Å². The second-order valence-corrected chi connectivity index (χ2v) is 11.2. The van der Waals surface area contributed by atoms with Crippen molar-refractivity contribution >= 4 is 46.5 Å². The van der Waals surface area contributed by atoms with Gasteiger partial charge in [0.1, 0.15) is 10.8 Å². The van der Waals surface area contributed by atoms with Crippen LogP contribution >= 0.6 is 35.0 Å². The minimum atomic E-state index is -4.79. The number of aromatic nitrogens is 2. The number of carbonyl (C=O) groups is 1. The summed E-state index contributed by atoms with van der Waals surface area (Å²) in [4.78, 5) is 16.4. The summed E-state index contributed by atoms with van der Waals surface area (Å²) in [6, 6.07) is 1.17. The van der Waals surface area contributed by atoms with Gasteiger partial charge >= 0.3 is 6.18 Å². The lowest BCUT2D eigenvalue weighted by atomic mass is 9.83. The summed E-state index contributed by atoms with van der Waals surface area (Å²) in [5, 5.41) is 2.24. The number of carbonyl (C=O) groups excluding carboxylic acids is 1. The van der Waals surface area contributed by atoms with Crippen LogP contribution in [0.25, 0.3) is 5.65 Å². The fourth-order valence-electron chi connectivity index (χ4n) is 3.81. The molecule has 0 spiro atoms. The third-order valence-corrected chi connectivity index (χ3v) is 8.03. The lowest BCUT2D eigenvalue weighted by Gasteiger charge is -2.28. The number of imidazole rings is 1. The Bertz CT molecular complexity index is 1040. The van der Waals surface area contributed by atoms with Crippen LogP contribution < -0.4 is 5.32 Å². The lowest BCUT2D eigenvalue weighted by molar-refractivity contribution is -0.141. The highest BCUT2D eigenvalue weighted by atomic mass is 35.5. The third-order valence-electron chi connectivity index (χ3n) is 5.95. The van der Waals surface area contributed by atoms with Gasteiger partial charge in [-0.25, -0.2) is 13.8 Å². The van der Waals surface area contributed by atoms with Crippen molar-refractivity contribution in [3.63, 3.8) is 0 Å². The van der Waals surface area contributed by atoms with Crippen LogP contribution in [0.3, 0.4) is 0 Å². The highest BCUT2D eigenvalue weighted by Crippen LogP contribution is 2.41. The molecule has 0 radical (unpaired) electrons. The predicted molar refractivity (Wildman–Crippen MR) is 121 cm³/mol. The standard InChI is InChI=1S/C21H24Cl2F5N3OS/c1-19(2,33-3)10-29-18(32)12-9-14-30-16(21(26,27)28)13(31(14)17(23)15(12)22)8-11-4-6-20(24,25)7-5-11/h9,11H,4-8,10H2,1-3H3,(H,29,32). The van der Waals surface area contributed by atoms with Crippen molar-refractivity contribution in [3.8, 4) is 0 Å². The van der Waals surface area contributed by atoms with E-state index in [1.165, 1.54) is 17.8 Å². The first kappa shape index (κ1) is 26.3. The van der Waals surface area contributed by atoms with Crippen LogP contribution in [0.15, 0.2) is 6.07 Å². The Morgan fingerprint density at radius 1 is 1.27 bits per heavy atom. The highest BCUT2D eigenvalue weighted by Gasteiger charge is 2.41. The van der Waals surface area contributed by atoms with Crippen LogP contribution in [0, 0.1) is 5.92 Å². The fourth-order valence-corrected chi connectivity index (χ4v) is 4.54. The summed E-state index contributed by atoms with van der Waals surface area (Å²) < 4.78 is 69.2. The molecule has 0 saturated heterocycles. The van der Waals surface area contributed by atoms with Crippen molar-refractivity contribution in [3.05, 3.63) is 33.2 Å². The van der Waals surface area contributed by atoms with Crippen molar-refractivity contribution in [1.29, 1.82) is 0 Å². The molecule has 33 heavy (non-hydrogen) atoms. The summed E-state index contributed by atoms with van der Waals surface area (Å²) in [6.45, 7) is 4.15. The van der Waals surface area contributed by atoms with Crippen LogP contribution in [-0.2, 0) is 12.6 Å². The maximum absolute atomic E-state index is 13.8. The van der Waals surface area contributed by atoms with E-state index in [9.17, 15) is 26.7 Å². The molecular weight excluding hydrogens is 508 g/mol. The molecule has 0 aromatic carbocycles. The molecule has 2 aromatic heterocycles. The summed E-state index contributed by atoms with van der Waals surface area (Å²) in [7, 11) is 0. The molecule has 0 atom stereocenters. The van der Waals surface area contributed by atoms with E-state index >= 15 is 0 Å². The number of thioether (sulfide) groups is 1. The van der Waals surface area contributed by atoms with Crippen molar-refractivity contribution in [2.45, 2.75) is 62.8 Å². The number of rotatable bonds is 6. The van der Waals surface area contributed by atoms with E-state index in [0.29, 0.717) is 6.54 Å². The largest absolute Gasteiger partial charge is 0.435 e. The van der Waals surface area contributed by atoms with Gasteiger partial charge in [-0.3, -0.25) is 9.20 Å². The molecule has 1 aliphatic rings. The second-order valence-electron chi connectivity index (χ2n) is 8.91. The molecule has 0 aliphatic heterocycles. The number of alkyl halides is 5. The number of halogens is 7. The van der Waals surface area contributed by atoms with E-state index in [1.54, 1.807) is 0 Å². The zero-order chi connectivity index (χ0) is 24.8. The van der Waals surface area contributed by atoms with Gasteiger partial charge in [-0.05, 0) is 51.3 Å². The van der Waals surface area contributed by atoms with Gasteiger partial charge in [0.2, 0.25) is 5.92 Å². The second kappa shape index (κ2) is 9.41. The Morgan fingerprint density at radius 2 is 1.88 bits per heavy atom. The average Bonchev–Trinajstić information content (AvgIpc) is 3.09. The van der Waals surface area contributed by atoms with Gasteiger partial charge in [-0.2, -0.15) is 24.9 Å². The van der Waals surface area contributed by atoms with E-state index in [0.717, 1.165) is 4.40 Å². The molecule has 1 fully saturated rings. The minimum Gasteiger partial charge on any atom is -0.351 e. The van der Waals surface area contributed by atoms with Crippen molar-refractivity contribution in [2.75, 3.05) is 12.8 Å². The SMILES string of the molecule is CSC(C)(C)CNC(=O)c1cc2nc(C(F)(F)F)c(CC3CCC(F)(F)CC3)n2c(Cl)c1Cl. The maximum Gasteiger partial charge on any atom is 0.435 e. The highest BCUT2D eigenvalue weighted by molar-refractivity contribution is 7.99. The van der Waals surface area contributed by atoms with Gasteiger partial charge in [0.05, 0.1) is 16.3 Å². The molecule has 1 aliphatic carbocycles. The molecule has 4 nitrogen and oxygen atoms in total. The van der Waals surface area contributed by atoms with Crippen molar-refractivity contribution in [2.24, 2.45) is 5.92 Å². The van der Waals surface area contributed by atoms with E-state index < -0.39 is 23.7 Å². The van der Waals surface area contributed by atoms with Gasteiger partial charge in [-0.15, -0.1) is 0 Å². The number of fused-ring (bicyclic) bond motifs is 1. The number of pyridine rings is 1. The number of hydrogen-bond donors (Lipinski definition) is 1. The van der Waals surface area contributed by atoms with Crippen LogP contribution in [-0.4, -0.2) is 38.8 Å². The zero-order valence-corrected chi connectivity index (χ0v) is 20.6. The summed E-state index contributed by atoms with van der Waals surface area (Å²) in [5.74, 6) is -3.76. The van der Waals surface area contributed by atoms with Gasteiger partial charge in [0, 0.05) is 24.1 Å². The molecule has 1 saturated carbocycles. The van der Waals surface area contributed by atoms with E-state index in [4.69, 9.17) is 23.2 Å². The van der Waals surface area contributed by atoms with Crippen LogP contribution in [0.1, 0.15) is 61.3 Å². The Hall–Kier alpha value is -1.26. The van der Waals surface area contributed by atoms with Gasteiger partial charge < -0.3 is 5.32 Å². The predicted octanol–water partition coefficient (Wildman–Crippen LogP) is 6.90. The Morgan fingerprint density at radius 3 is 2.42 bits per heavy atom. The van der Waals surface area contributed by atoms with E-state index in [-0.39, 0.29) is 69.8 Å². The molecule has 2 aromatic rings. The first-order valence-electron chi connectivity index (χ1n) is 10.3. The van der Waals surface area contributed by atoms with Gasteiger partial charge in [0.15, 0.2) is 5.69 Å². The molecule has 0 bridgehead atoms. The number of nitrogens with one attached hydrogen (secondary N) is 1. The molecule has 1 amide bonds. The molecule has 2 heterocycles. The normalized spacial score (nSPS) is 17.5. The molecular formula is C21H24Cl2F5N3OS. The van der Waals surface area contributed by atoms with Crippen molar-refractivity contribution in [1.82, 2.24) is 14.7 Å². The summed E-state index contributed by atoms with van der Waals surface area (Å²) in [5.41, 5.74) is -1.66. The van der Waals surface area contributed by atoms with E-state index in [2.05, 4.69) is 10.3 Å². The van der Waals surface area contributed by atoms with Gasteiger partial charge in [0.25, 0.3) is 5.91 Å². The van der Waals surface area contributed by atoms with E-state index in [1.807, 2.05) is 20.1 Å². The monoisotopic (exact) mass is 531 g/mol. The average molecular weight is 532 g/mol. The number of nitrogens with zero attached hydrogens (tertiary/aromatic N) is 2. The molecule has 3 rings (SSSR count). The first-order valence-corrected chi connectivity index (χ1v) is 12.3. The molecule has 184 valence electrons. The van der Waals surface area contributed by atoms with Crippen LogP contribution in [0.5, 0.6) is 0 Å². The quantitative estimate of drug-likeness (QED) is 0.325. The maximum atomic E-state index is 13.8. The molecule has 0 unspecified atom stereocenters. The third kappa shape index (κ3) is 5.88. The Kier molecular flexibility index (Phi) is 7.52. The lowest BCUT2D eigenvalue weighted by Crippen LogP contribution is -2.36. The zero-order valence-electron chi connectivity index (χ0n) is 18.3. The Balaban J connectivity index is 2.01. The van der Waals surface area contributed by atoms with Crippen LogP contribution in [0.4, 0.5) is 22.0 Å². The summed E-state index contributed by atoms with van der Waals surface area (Å²) in [6.07, 6.45) is -3.60. The summed E-state index contributed by atoms with van der Waals surface area (Å²) >= 11 is 14.2. The van der Waals surface area contributed by atoms with Crippen LogP contribution in [0.2, 0.25) is 10.2 Å². The topological polar surface area (TPSA) is 46.4 Å². The Labute approximate surface area is 202 Å². The number of hydrogen-bond acceptors (Lipinski definition) is 3. The first-order chi connectivity index (χ1) is 15.1. The minimum absolute atomic E-state index is 0.0892. The fraction of sp³-hybridized carbons (Fsp3) is 0.619. The molecule has 1 N–H and O–H groups in total.